The molecule has 2 aromatic rings. The van der Waals surface area contributed by atoms with Crippen molar-refractivity contribution in [3.63, 3.8) is 0 Å². The Hall–Kier alpha value is -1.38. The number of rotatable bonds is 4. The van der Waals surface area contributed by atoms with Gasteiger partial charge in [-0.25, -0.2) is 4.39 Å². The lowest BCUT2D eigenvalue weighted by Crippen LogP contribution is -2.16. The van der Waals surface area contributed by atoms with Gasteiger partial charge in [0.1, 0.15) is 5.82 Å². The van der Waals surface area contributed by atoms with Gasteiger partial charge in [-0.1, -0.05) is 41.9 Å². The van der Waals surface area contributed by atoms with Crippen LogP contribution in [0.2, 0.25) is 5.02 Å². The Labute approximate surface area is 124 Å². The van der Waals surface area contributed by atoms with Gasteiger partial charge < -0.3 is 5.11 Å². The smallest absolute Gasteiger partial charge is 0.145 e. The summed E-state index contributed by atoms with van der Waals surface area (Å²) in [5.41, 5.74) is 3.88. The number of halogens is 2. The molecule has 2 aromatic carbocycles. The summed E-state index contributed by atoms with van der Waals surface area (Å²) in [6.07, 6.45) is 0.160. The van der Waals surface area contributed by atoms with Gasteiger partial charge in [-0.15, -0.1) is 0 Å². The summed E-state index contributed by atoms with van der Waals surface area (Å²) in [6.45, 7) is 4.05. The van der Waals surface area contributed by atoms with Crippen molar-refractivity contribution in [2.24, 2.45) is 0 Å². The zero-order valence-electron chi connectivity index (χ0n) is 11.7. The molecule has 1 unspecified atom stereocenters. The minimum atomic E-state index is -0.622. The minimum absolute atomic E-state index is 0.0989. The Morgan fingerprint density at radius 3 is 2.30 bits per heavy atom. The van der Waals surface area contributed by atoms with Gasteiger partial charge in [-0.05, 0) is 48.6 Å². The molecule has 1 atom stereocenters. The summed E-state index contributed by atoms with van der Waals surface area (Å²) in [4.78, 5) is 0. The van der Waals surface area contributed by atoms with E-state index in [1.54, 1.807) is 12.1 Å². The highest BCUT2D eigenvalue weighted by Gasteiger charge is 2.14. The molecule has 0 aliphatic heterocycles. The van der Waals surface area contributed by atoms with Crippen LogP contribution in [0.25, 0.3) is 0 Å². The standard InChI is InChI=1S/C17H18ClFO/c1-11-5-3-6-12(2)15(11)10-14(20)9-13-7-4-8-16(18)17(13)19/h3-8,14,20H,9-10H2,1-2H3. The molecule has 1 nitrogen and oxygen atoms in total. The van der Waals surface area contributed by atoms with E-state index in [0.29, 0.717) is 12.0 Å². The lowest BCUT2D eigenvalue weighted by molar-refractivity contribution is 0.173. The van der Waals surface area contributed by atoms with E-state index >= 15 is 0 Å². The van der Waals surface area contributed by atoms with Crippen molar-refractivity contribution in [1.82, 2.24) is 0 Å². The van der Waals surface area contributed by atoms with Gasteiger partial charge in [-0.2, -0.15) is 0 Å². The molecule has 0 aliphatic carbocycles. The first-order valence-corrected chi connectivity index (χ1v) is 7.03. The molecule has 0 aromatic heterocycles. The number of aliphatic hydroxyl groups excluding tert-OH is 1. The van der Waals surface area contributed by atoms with Crippen molar-refractivity contribution >= 4 is 11.6 Å². The molecule has 0 spiro atoms. The third kappa shape index (κ3) is 3.38. The summed E-state index contributed by atoms with van der Waals surface area (Å²) in [5.74, 6) is -0.435. The number of aryl methyl sites for hydroxylation is 2. The van der Waals surface area contributed by atoms with E-state index in [1.807, 2.05) is 32.0 Å². The van der Waals surface area contributed by atoms with Crippen LogP contribution in [0, 0.1) is 19.7 Å². The zero-order chi connectivity index (χ0) is 14.7. The van der Waals surface area contributed by atoms with Gasteiger partial charge in [0.2, 0.25) is 0 Å². The molecule has 0 fully saturated rings. The number of hydrogen-bond donors (Lipinski definition) is 1. The molecule has 1 N–H and O–H groups in total. The molecule has 0 radical (unpaired) electrons. The summed E-state index contributed by atoms with van der Waals surface area (Å²) in [5, 5.41) is 10.3. The number of aliphatic hydroxyl groups is 1. The summed E-state index contributed by atoms with van der Waals surface area (Å²) in [7, 11) is 0. The third-order valence-corrected chi connectivity index (χ3v) is 3.86. The highest BCUT2D eigenvalue weighted by molar-refractivity contribution is 6.30. The molecule has 0 bridgehead atoms. The molecule has 0 amide bonds. The minimum Gasteiger partial charge on any atom is -0.392 e. The van der Waals surface area contributed by atoms with Gasteiger partial charge in [-0.3, -0.25) is 0 Å². The highest BCUT2D eigenvalue weighted by atomic mass is 35.5. The van der Waals surface area contributed by atoms with Gasteiger partial charge >= 0.3 is 0 Å². The maximum absolute atomic E-state index is 13.8. The van der Waals surface area contributed by atoms with Gasteiger partial charge in [0, 0.05) is 6.42 Å². The van der Waals surface area contributed by atoms with E-state index in [0.717, 1.165) is 16.7 Å². The second-order valence-electron chi connectivity index (χ2n) is 5.15. The molecule has 0 saturated heterocycles. The Morgan fingerprint density at radius 1 is 1.05 bits per heavy atom. The van der Waals surface area contributed by atoms with Crippen LogP contribution in [0.15, 0.2) is 36.4 Å². The molecule has 3 heteroatoms. The van der Waals surface area contributed by atoms with Crippen molar-refractivity contribution < 1.29 is 9.50 Å². The van der Waals surface area contributed by atoms with Gasteiger partial charge in [0.15, 0.2) is 0 Å². The van der Waals surface area contributed by atoms with Crippen LogP contribution in [0.1, 0.15) is 22.3 Å². The Morgan fingerprint density at radius 2 is 1.65 bits per heavy atom. The maximum atomic E-state index is 13.8. The lowest BCUT2D eigenvalue weighted by Gasteiger charge is -2.15. The molecule has 0 aliphatic rings. The van der Waals surface area contributed by atoms with Gasteiger partial charge in [0.25, 0.3) is 0 Å². The molecule has 0 saturated carbocycles. The quantitative estimate of drug-likeness (QED) is 0.893. The predicted molar refractivity (Wildman–Crippen MR) is 80.7 cm³/mol. The van der Waals surface area contributed by atoms with Crippen LogP contribution in [-0.2, 0) is 12.8 Å². The van der Waals surface area contributed by atoms with Crippen LogP contribution in [-0.4, -0.2) is 11.2 Å². The topological polar surface area (TPSA) is 20.2 Å². The molecule has 20 heavy (non-hydrogen) atoms. The van der Waals surface area contributed by atoms with E-state index in [9.17, 15) is 9.50 Å². The van der Waals surface area contributed by atoms with Crippen molar-refractivity contribution in [3.8, 4) is 0 Å². The van der Waals surface area contributed by atoms with Crippen LogP contribution >= 0.6 is 11.6 Å². The van der Waals surface area contributed by atoms with Crippen LogP contribution < -0.4 is 0 Å². The maximum Gasteiger partial charge on any atom is 0.145 e. The highest BCUT2D eigenvalue weighted by Crippen LogP contribution is 2.21. The monoisotopic (exact) mass is 292 g/mol. The molecule has 0 heterocycles. The van der Waals surface area contributed by atoms with E-state index in [1.165, 1.54) is 6.07 Å². The Bertz CT molecular complexity index is 590. The summed E-state index contributed by atoms with van der Waals surface area (Å²) in [6, 6.07) is 10.9. The van der Waals surface area contributed by atoms with Crippen molar-refractivity contribution in [2.45, 2.75) is 32.8 Å². The second-order valence-corrected chi connectivity index (χ2v) is 5.55. The summed E-state index contributed by atoms with van der Waals surface area (Å²) < 4.78 is 13.8. The molecule has 2 rings (SSSR count). The normalized spacial score (nSPS) is 12.4. The summed E-state index contributed by atoms with van der Waals surface area (Å²) >= 11 is 5.75. The predicted octanol–water partition coefficient (Wildman–Crippen LogP) is 4.24. The van der Waals surface area contributed by atoms with Crippen molar-refractivity contribution in [3.05, 3.63) is 69.5 Å². The zero-order valence-corrected chi connectivity index (χ0v) is 12.4. The second kappa shape index (κ2) is 6.38. The fraction of sp³-hybridized carbons (Fsp3) is 0.294. The fourth-order valence-corrected chi connectivity index (χ4v) is 2.63. The largest absolute Gasteiger partial charge is 0.392 e. The molecular weight excluding hydrogens is 275 g/mol. The first-order chi connectivity index (χ1) is 9.49. The van der Waals surface area contributed by atoms with E-state index < -0.39 is 11.9 Å². The number of hydrogen-bond acceptors (Lipinski definition) is 1. The fourth-order valence-electron chi connectivity index (χ4n) is 2.44. The molecule has 106 valence electrons. The van der Waals surface area contributed by atoms with Crippen LogP contribution in [0.3, 0.4) is 0 Å². The average Bonchev–Trinajstić information content (AvgIpc) is 2.39. The number of benzene rings is 2. The third-order valence-electron chi connectivity index (χ3n) is 3.57. The van der Waals surface area contributed by atoms with E-state index in [4.69, 9.17) is 11.6 Å². The van der Waals surface area contributed by atoms with Crippen LogP contribution in [0.5, 0.6) is 0 Å². The lowest BCUT2D eigenvalue weighted by atomic mass is 9.95. The average molecular weight is 293 g/mol. The van der Waals surface area contributed by atoms with Crippen molar-refractivity contribution in [1.29, 1.82) is 0 Å². The van der Waals surface area contributed by atoms with Crippen LogP contribution in [0.4, 0.5) is 4.39 Å². The van der Waals surface area contributed by atoms with E-state index in [2.05, 4.69) is 0 Å². The SMILES string of the molecule is Cc1cccc(C)c1CC(O)Cc1cccc(Cl)c1F. The first kappa shape index (κ1) is 15.0. The Balaban J connectivity index is 2.13. The van der Waals surface area contributed by atoms with E-state index in [-0.39, 0.29) is 11.4 Å². The van der Waals surface area contributed by atoms with Crippen molar-refractivity contribution in [2.75, 3.05) is 0 Å². The Kier molecular flexibility index (Phi) is 4.79. The molecular formula is C17H18ClFO. The first-order valence-electron chi connectivity index (χ1n) is 6.65. The van der Waals surface area contributed by atoms with Gasteiger partial charge in [0.05, 0.1) is 11.1 Å².